The molecule has 0 fully saturated rings. The van der Waals surface area contributed by atoms with Gasteiger partial charge in [-0.1, -0.05) is 12.1 Å². The van der Waals surface area contributed by atoms with E-state index in [0.717, 1.165) is 0 Å². The van der Waals surface area contributed by atoms with E-state index in [1.165, 1.54) is 19.3 Å². The number of nitrogens with zero attached hydrogens (tertiary/aromatic N) is 2. The van der Waals surface area contributed by atoms with E-state index in [0.29, 0.717) is 22.7 Å². The molecule has 0 unspecified atom stereocenters. The minimum atomic E-state index is -0.192. The average molecular weight is 253 g/mol. The van der Waals surface area contributed by atoms with Crippen molar-refractivity contribution in [2.45, 2.75) is 6.92 Å². The summed E-state index contributed by atoms with van der Waals surface area (Å²) in [5, 5.41) is 11.6. The number of nitrogens with one attached hydrogen (secondary N) is 1. The number of anilines is 1. The number of hydrogen-bond donors (Lipinski definition) is 1. The molecule has 0 aliphatic carbocycles. The molecule has 1 aromatic heterocycles. The third-order valence-corrected chi connectivity index (χ3v) is 2.32. The summed E-state index contributed by atoms with van der Waals surface area (Å²) in [5.74, 6) is 0.618. The van der Waals surface area contributed by atoms with Crippen molar-refractivity contribution in [2.24, 2.45) is 0 Å². The normalized spacial score (nSPS) is 9.47. The van der Waals surface area contributed by atoms with Gasteiger partial charge < -0.3 is 10.1 Å². The molecule has 5 nitrogen and oxygen atoms in total. The molecule has 0 aliphatic rings. The number of carbonyl (C=O) groups excluding carboxylic acids is 1. The van der Waals surface area contributed by atoms with Crippen LogP contribution >= 0.6 is 0 Å². The molecule has 0 saturated carbocycles. The number of hydrogen-bond acceptors (Lipinski definition) is 4. The zero-order valence-corrected chi connectivity index (χ0v) is 10.3. The fourth-order valence-electron chi connectivity index (χ4n) is 1.52. The van der Waals surface area contributed by atoms with Crippen LogP contribution in [0.2, 0.25) is 0 Å². The summed E-state index contributed by atoms with van der Waals surface area (Å²) in [7, 11) is 0. The van der Waals surface area contributed by atoms with E-state index in [2.05, 4.69) is 10.3 Å². The summed E-state index contributed by atoms with van der Waals surface area (Å²) in [6.07, 6.45) is 2.98. The molecule has 0 saturated heterocycles. The Morgan fingerprint density at radius 2 is 2.11 bits per heavy atom. The van der Waals surface area contributed by atoms with Gasteiger partial charge in [0.1, 0.15) is 6.07 Å². The number of para-hydroxylation sites is 2. The van der Waals surface area contributed by atoms with Gasteiger partial charge in [0.05, 0.1) is 17.4 Å². The van der Waals surface area contributed by atoms with E-state index in [1.54, 1.807) is 30.3 Å². The minimum absolute atomic E-state index is 0.192. The standard InChI is InChI=1S/C14H11N3O2/c1-10(18)17-12-4-2-3-5-13(12)19-14-9-16-7-6-11(14)8-15/h2-7,9H,1H3,(H,17,18). The summed E-state index contributed by atoms with van der Waals surface area (Å²) in [5.41, 5.74) is 0.926. The van der Waals surface area contributed by atoms with E-state index in [9.17, 15) is 4.79 Å². The number of rotatable bonds is 3. The molecule has 19 heavy (non-hydrogen) atoms. The van der Waals surface area contributed by atoms with E-state index >= 15 is 0 Å². The number of nitriles is 1. The first kappa shape index (κ1) is 12.6. The molecular weight excluding hydrogens is 242 g/mol. The highest BCUT2D eigenvalue weighted by Gasteiger charge is 2.08. The van der Waals surface area contributed by atoms with Crippen molar-refractivity contribution in [1.82, 2.24) is 4.98 Å². The Hall–Kier alpha value is -2.87. The van der Waals surface area contributed by atoms with Gasteiger partial charge in [-0.25, -0.2) is 0 Å². The van der Waals surface area contributed by atoms with Gasteiger partial charge in [0, 0.05) is 13.1 Å². The zero-order chi connectivity index (χ0) is 13.7. The van der Waals surface area contributed by atoms with Crippen molar-refractivity contribution in [1.29, 1.82) is 5.26 Å². The predicted octanol–water partition coefficient (Wildman–Crippen LogP) is 2.70. The van der Waals surface area contributed by atoms with Crippen molar-refractivity contribution < 1.29 is 9.53 Å². The zero-order valence-electron chi connectivity index (χ0n) is 10.3. The van der Waals surface area contributed by atoms with Crippen LogP contribution < -0.4 is 10.1 Å². The Morgan fingerprint density at radius 3 is 2.84 bits per heavy atom. The molecule has 0 atom stereocenters. The van der Waals surface area contributed by atoms with Crippen molar-refractivity contribution >= 4 is 11.6 Å². The molecule has 5 heteroatoms. The average Bonchev–Trinajstić information content (AvgIpc) is 2.41. The third kappa shape index (κ3) is 3.07. The minimum Gasteiger partial charge on any atom is -0.452 e. The van der Waals surface area contributed by atoms with Gasteiger partial charge in [-0.2, -0.15) is 5.26 Å². The van der Waals surface area contributed by atoms with Gasteiger partial charge in [-0.05, 0) is 18.2 Å². The SMILES string of the molecule is CC(=O)Nc1ccccc1Oc1cnccc1C#N. The lowest BCUT2D eigenvalue weighted by Gasteiger charge is -2.11. The Morgan fingerprint density at radius 1 is 1.32 bits per heavy atom. The summed E-state index contributed by atoms with van der Waals surface area (Å²) < 4.78 is 5.63. The molecule has 0 radical (unpaired) electrons. The highest BCUT2D eigenvalue weighted by Crippen LogP contribution is 2.30. The van der Waals surface area contributed by atoms with Gasteiger partial charge in [0.2, 0.25) is 5.91 Å². The molecule has 1 N–H and O–H groups in total. The van der Waals surface area contributed by atoms with Crippen LogP contribution in [0.1, 0.15) is 12.5 Å². The summed E-state index contributed by atoms with van der Waals surface area (Å²) in [6.45, 7) is 1.42. The first-order valence-electron chi connectivity index (χ1n) is 5.59. The summed E-state index contributed by atoms with van der Waals surface area (Å²) in [4.78, 5) is 15.0. The van der Waals surface area contributed by atoms with E-state index < -0.39 is 0 Å². The highest BCUT2D eigenvalue weighted by molar-refractivity contribution is 5.90. The quantitative estimate of drug-likeness (QED) is 0.912. The molecule has 1 heterocycles. The summed E-state index contributed by atoms with van der Waals surface area (Å²) >= 11 is 0. The maximum atomic E-state index is 11.1. The second-order valence-corrected chi connectivity index (χ2v) is 3.76. The van der Waals surface area contributed by atoms with Crippen molar-refractivity contribution in [3.8, 4) is 17.6 Å². The number of ether oxygens (including phenoxy) is 1. The van der Waals surface area contributed by atoms with Gasteiger partial charge in [-0.15, -0.1) is 0 Å². The van der Waals surface area contributed by atoms with Crippen LogP contribution in [0, 0.1) is 11.3 Å². The molecule has 2 rings (SSSR count). The van der Waals surface area contributed by atoms with E-state index in [1.807, 2.05) is 6.07 Å². The largest absolute Gasteiger partial charge is 0.452 e. The monoisotopic (exact) mass is 253 g/mol. The number of carbonyl (C=O) groups is 1. The molecule has 0 spiro atoms. The Balaban J connectivity index is 2.33. The van der Waals surface area contributed by atoms with Crippen molar-refractivity contribution in [3.63, 3.8) is 0 Å². The van der Waals surface area contributed by atoms with Crippen LogP contribution in [0.5, 0.6) is 11.5 Å². The lowest BCUT2D eigenvalue weighted by Crippen LogP contribution is -2.06. The van der Waals surface area contributed by atoms with E-state index in [-0.39, 0.29) is 5.91 Å². The van der Waals surface area contributed by atoms with E-state index in [4.69, 9.17) is 10.00 Å². The van der Waals surface area contributed by atoms with Crippen LogP contribution in [0.25, 0.3) is 0 Å². The molecule has 2 aromatic rings. The molecule has 1 aromatic carbocycles. The lowest BCUT2D eigenvalue weighted by molar-refractivity contribution is -0.114. The second-order valence-electron chi connectivity index (χ2n) is 3.76. The molecule has 0 bridgehead atoms. The second kappa shape index (κ2) is 5.65. The Labute approximate surface area is 110 Å². The van der Waals surface area contributed by atoms with Crippen LogP contribution in [0.15, 0.2) is 42.7 Å². The first-order chi connectivity index (χ1) is 9.20. The lowest BCUT2D eigenvalue weighted by atomic mass is 10.2. The fourth-order valence-corrected chi connectivity index (χ4v) is 1.52. The number of benzene rings is 1. The topological polar surface area (TPSA) is 75.0 Å². The molecule has 1 amide bonds. The molecular formula is C14H11N3O2. The number of amides is 1. The fraction of sp³-hybridized carbons (Fsp3) is 0.0714. The van der Waals surface area contributed by atoms with Crippen molar-refractivity contribution in [3.05, 3.63) is 48.3 Å². The highest BCUT2D eigenvalue weighted by atomic mass is 16.5. The van der Waals surface area contributed by atoms with Gasteiger partial charge in [-0.3, -0.25) is 9.78 Å². The smallest absolute Gasteiger partial charge is 0.221 e. The number of aromatic nitrogens is 1. The van der Waals surface area contributed by atoms with Crippen LogP contribution in [0.3, 0.4) is 0 Å². The van der Waals surface area contributed by atoms with Gasteiger partial charge >= 0.3 is 0 Å². The first-order valence-corrected chi connectivity index (χ1v) is 5.59. The predicted molar refractivity (Wildman–Crippen MR) is 69.8 cm³/mol. The summed E-state index contributed by atoms with van der Waals surface area (Å²) in [6, 6.07) is 10.6. The Bertz CT molecular complexity index is 647. The van der Waals surface area contributed by atoms with Crippen molar-refractivity contribution in [2.75, 3.05) is 5.32 Å². The third-order valence-electron chi connectivity index (χ3n) is 2.32. The van der Waals surface area contributed by atoms with Crippen LogP contribution in [-0.4, -0.2) is 10.9 Å². The molecule has 0 aliphatic heterocycles. The maximum Gasteiger partial charge on any atom is 0.221 e. The molecule has 94 valence electrons. The van der Waals surface area contributed by atoms with Gasteiger partial charge in [0.15, 0.2) is 11.5 Å². The Kier molecular flexibility index (Phi) is 3.74. The maximum absolute atomic E-state index is 11.1. The van der Waals surface area contributed by atoms with Crippen LogP contribution in [0.4, 0.5) is 5.69 Å². The van der Waals surface area contributed by atoms with Gasteiger partial charge in [0.25, 0.3) is 0 Å². The number of pyridine rings is 1. The van der Waals surface area contributed by atoms with Crippen LogP contribution in [-0.2, 0) is 4.79 Å².